The molecule has 1 amide bonds. The molecular formula is C22H24N6O. The second-order valence-electron chi connectivity index (χ2n) is 8.48. The van der Waals surface area contributed by atoms with Gasteiger partial charge in [-0.3, -0.25) is 9.78 Å². The molecule has 0 unspecified atom stereocenters. The molecular weight excluding hydrogens is 364 g/mol. The van der Waals surface area contributed by atoms with Crippen molar-refractivity contribution in [2.24, 2.45) is 5.92 Å². The normalized spacial score (nSPS) is 20.8. The van der Waals surface area contributed by atoms with Crippen molar-refractivity contribution < 1.29 is 4.79 Å². The molecule has 1 saturated heterocycles. The van der Waals surface area contributed by atoms with Crippen LogP contribution in [0.25, 0.3) is 11.0 Å². The zero-order valence-electron chi connectivity index (χ0n) is 16.3. The molecule has 3 aromatic rings. The average Bonchev–Trinajstić information content (AvgIpc) is 3.51. The Balaban J connectivity index is 1.31. The summed E-state index contributed by atoms with van der Waals surface area (Å²) in [6.07, 6.45) is 8.35. The number of nitrogens with one attached hydrogen (secondary N) is 1. The molecule has 2 fully saturated rings. The number of benzene rings is 1. The zero-order valence-corrected chi connectivity index (χ0v) is 16.3. The largest absolute Gasteiger partial charge is 0.355 e. The Kier molecular flexibility index (Phi) is 3.66. The van der Waals surface area contributed by atoms with Crippen molar-refractivity contribution in [3.8, 4) is 0 Å². The Morgan fingerprint density at radius 1 is 1.07 bits per heavy atom. The highest BCUT2D eigenvalue weighted by molar-refractivity contribution is 5.82. The third kappa shape index (κ3) is 2.63. The lowest BCUT2D eigenvalue weighted by Gasteiger charge is -2.50. The Morgan fingerprint density at radius 2 is 1.86 bits per heavy atom. The summed E-state index contributed by atoms with van der Waals surface area (Å²) in [7, 11) is 0. The number of hydrogen-bond acceptors (Lipinski definition) is 5. The van der Waals surface area contributed by atoms with E-state index in [-0.39, 0.29) is 11.5 Å². The first-order valence-electron chi connectivity index (χ1n) is 10.6. The van der Waals surface area contributed by atoms with Gasteiger partial charge in [-0.2, -0.15) is 0 Å². The van der Waals surface area contributed by atoms with E-state index in [0.717, 1.165) is 74.3 Å². The van der Waals surface area contributed by atoms with Gasteiger partial charge in [0.15, 0.2) is 0 Å². The van der Waals surface area contributed by atoms with Gasteiger partial charge in [-0.1, -0.05) is 12.1 Å². The van der Waals surface area contributed by atoms with Gasteiger partial charge in [-0.05, 0) is 37.8 Å². The van der Waals surface area contributed by atoms with Gasteiger partial charge in [0, 0.05) is 37.7 Å². The number of para-hydroxylation sites is 2. The first kappa shape index (κ1) is 16.9. The molecule has 1 aromatic carbocycles. The van der Waals surface area contributed by atoms with Crippen LogP contribution in [0.15, 0.2) is 36.8 Å². The lowest BCUT2D eigenvalue weighted by atomic mass is 9.78. The van der Waals surface area contributed by atoms with E-state index in [1.807, 2.05) is 30.5 Å². The van der Waals surface area contributed by atoms with Gasteiger partial charge in [0.1, 0.15) is 5.82 Å². The smallest absolute Gasteiger partial charge is 0.226 e. The van der Waals surface area contributed by atoms with Crippen LogP contribution < -0.4 is 4.90 Å². The Labute approximate surface area is 169 Å². The summed E-state index contributed by atoms with van der Waals surface area (Å²) in [6, 6.07) is 7.97. The predicted molar refractivity (Wildman–Crippen MR) is 109 cm³/mol. The van der Waals surface area contributed by atoms with Gasteiger partial charge >= 0.3 is 0 Å². The molecule has 2 aliphatic heterocycles. The number of nitrogens with zero attached hydrogens (tertiary/aromatic N) is 5. The summed E-state index contributed by atoms with van der Waals surface area (Å²) >= 11 is 0. The van der Waals surface area contributed by atoms with E-state index in [2.05, 4.69) is 24.8 Å². The van der Waals surface area contributed by atoms with Crippen LogP contribution in [0.4, 0.5) is 5.82 Å². The molecule has 4 heterocycles. The van der Waals surface area contributed by atoms with Gasteiger partial charge < -0.3 is 14.8 Å². The van der Waals surface area contributed by atoms with Crippen molar-refractivity contribution in [3.05, 3.63) is 48.2 Å². The van der Waals surface area contributed by atoms with Crippen LogP contribution in [0.5, 0.6) is 0 Å². The molecule has 6 rings (SSSR count). The summed E-state index contributed by atoms with van der Waals surface area (Å²) < 4.78 is 0. The number of amides is 1. The van der Waals surface area contributed by atoms with Crippen molar-refractivity contribution >= 4 is 22.8 Å². The minimum atomic E-state index is -0.284. The number of hydrogen-bond donors (Lipinski definition) is 1. The molecule has 0 bridgehead atoms. The van der Waals surface area contributed by atoms with E-state index >= 15 is 0 Å². The third-order valence-electron chi connectivity index (χ3n) is 6.80. The first-order valence-corrected chi connectivity index (χ1v) is 10.6. The molecule has 1 spiro atoms. The van der Waals surface area contributed by atoms with Crippen molar-refractivity contribution in [1.29, 1.82) is 0 Å². The van der Waals surface area contributed by atoms with Crippen LogP contribution in [0.1, 0.15) is 37.1 Å². The van der Waals surface area contributed by atoms with E-state index in [1.54, 1.807) is 6.33 Å². The molecule has 7 nitrogen and oxygen atoms in total. The van der Waals surface area contributed by atoms with Crippen LogP contribution in [-0.4, -0.2) is 50.4 Å². The number of piperidine rings is 1. The number of imidazole rings is 1. The van der Waals surface area contributed by atoms with Crippen LogP contribution in [0.2, 0.25) is 0 Å². The van der Waals surface area contributed by atoms with Gasteiger partial charge in [-0.25, -0.2) is 9.97 Å². The van der Waals surface area contributed by atoms with Crippen LogP contribution >= 0.6 is 0 Å². The van der Waals surface area contributed by atoms with Crippen molar-refractivity contribution in [1.82, 2.24) is 24.8 Å². The lowest BCUT2D eigenvalue weighted by Crippen LogP contribution is -2.58. The van der Waals surface area contributed by atoms with Gasteiger partial charge in [0.25, 0.3) is 0 Å². The van der Waals surface area contributed by atoms with Crippen molar-refractivity contribution in [2.75, 3.05) is 24.5 Å². The Bertz CT molecular complexity index is 1080. The molecule has 0 atom stereocenters. The summed E-state index contributed by atoms with van der Waals surface area (Å²) in [5, 5.41) is 0. The minimum Gasteiger partial charge on any atom is -0.355 e. The first-order chi connectivity index (χ1) is 14.2. The zero-order chi connectivity index (χ0) is 19.4. The monoisotopic (exact) mass is 388 g/mol. The fraction of sp³-hybridized carbons (Fsp3) is 0.455. The van der Waals surface area contributed by atoms with E-state index in [9.17, 15) is 4.79 Å². The summed E-state index contributed by atoms with van der Waals surface area (Å²) in [4.78, 5) is 35.0. The van der Waals surface area contributed by atoms with E-state index in [4.69, 9.17) is 4.98 Å². The molecule has 29 heavy (non-hydrogen) atoms. The van der Waals surface area contributed by atoms with E-state index in [0.29, 0.717) is 5.91 Å². The van der Waals surface area contributed by atoms with E-state index < -0.39 is 0 Å². The molecule has 1 saturated carbocycles. The highest BCUT2D eigenvalue weighted by Gasteiger charge is 2.51. The van der Waals surface area contributed by atoms with Gasteiger partial charge in [0.05, 0.1) is 34.8 Å². The Hall–Kier alpha value is -2.96. The highest BCUT2D eigenvalue weighted by atomic mass is 16.2. The van der Waals surface area contributed by atoms with Crippen LogP contribution in [0, 0.1) is 5.92 Å². The van der Waals surface area contributed by atoms with Crippen LogP contribution in [0.3, 0.4) is 0 Å². The predicted octanol–water partition coefficient (Wildman–Crippen LogP) is 2.64. The summed E-state index contributed by atoms with van der Waals surface area (Å²) in [6.45, 7) is 2.47. The second kappa shape index (κ2) is 6.27. The van der Waals surface area contributed by atoms with E-state index in [1.165, 1.54) is 5.69 Å². The number of carbonyl (C=O) groups excluding carboxylic acids is 1. The van der Waals surface area contributed by atoms with Crippen molar-refractivity contribution in [2.45, 2.75) is 37.6 Å². The topological polar surface area (TPSA) is 78.0 Å². The Morgan fingerprint density at radius 3 is 2.66 bits per heavy atom. The quantitative estimate of drug-likeness (QED) is 0.730. The number of H-pyrrole nitrogens is 1. The van der Waals surface area contributed by atoms with Crippen LogP contribution in [-0.2, 0) is 16.8 Å². The molecule has 2 aromatic heterocycles. The molecule has 3 aliphatic rings. The number of aromatic amines is 1. The number of fused-ring (bicyclic) bond motifs is 3. The lowest BCUT2D eigenvalue weighted by molar-refractivity contribution is -0.142. The molecule has 1 aliphatic carbocycles. The van der Waals surface area contributed by atoms with Crippen molar-refractivity contribution in [3.63, 3.8) is 0 Å². The maximum atomic E-state index is 13.1. The second-order valence-corrected chi connectivity index (χ2v) is 8.48. The summed E-state index contributed by atoms with van der Waals surface area (Å²) in [5.74, 6) is 1.48. The molecule has 7 heteroatoms. The molecule has 0 radical (unpaired) electrons. The fourth-order valence-corrected chi connectivity index (χ4v) is 5.06. The summed E-state index contributed by atoms with van der Waals surface area (Å²) in [5.41, 5.74) is 3.84. The number of aromatic nitrogens is 4. The number of anilines is 1. The molecule has 148 valence electrons. The number of rotatable bonds is 2. The maximum absolute atomic E-state index is 13.1. The molecule has 1 N–H and O–H groups in total. The SMILES string of the molecule is O=C(C1CC1)N1CCc2[nH]cnc2C12CCN(c1cnc3ccccc3n1)CC2. The van der Waals surface area contributed by atoms with Gasteiger partial charge in [0.2, 0.25) is 5.91 Å². The highest BCUT2D eigenvalue weighted by Crippen LogP contribution is 2.45. The number of carbonyl (C=O) groups is 1. The van der Waals surface area contributed by atoms with Gasteiger partial charge in [-0.15, -0.1) is 0 Å². The minimum absolute atomic E-state index is 0.233. The average molecular weight is 388 g/mol. The third-order valence-corrected chi connectivity index (χ3v) is 6.80. The fourth-order valence-electron chi connectivity index (χ4n) is 5.06. The maximum Gasteiger partial charge on any atom is 0.226 e. The standard InChI is InChI=1S/C22H24N6O/c29-21(15-5-6-15)28-10-7-18-20(25-14-24-18)22(28)8-11-27(12-9-22)19-13-23-16-3-1-2-4-17(16)26-19/h1-4,13-15H,5-12H2,(H,24,25).